The highest BCUT2D eigenvalue weighted by atomic mass is 127. The molecule has 1 rings (SSSR count). The van der Waals surface area contributed by atoms with Crippen LogP contribution in [-0.4, -0.2) is 16.5 Å². The summed E-state index contributed by atoms with van der Waals surface area (Å²) in [6, 6.07) is 0. The van der Waals surface area contributed by atoms with Crippen LogP contribution in [0.4, 0.5) is 11.6 Å². The molecule has 0 unspecified atom stereocenters. The Labute approximate surface area is 104 Å². The Hall–Kier alpha value is -0.850. The van der Waals surface area contributed by atoms with Gasteiger partial charge in [-0.3, -0.25) is 0 Å². The zero-order valence-electron chi connectivity index (χ0n) is 8.76. The third kappa shape index (κ3) is 3.33. The minimum Gasteiger partial charge on any atom is -0.383 e. The molecule has 0 saturated heterocycles. The molecule has 1 aromatic rings. The van der Waals surface area contributed by atoms with Crippen molar-refractivity contribution in [2.75, 3.05) is 17.6 Å². The van der Waals surface area contributed by atoms with E-state index in [0.717, 1.165) is 34.3 Å². The van der Waals surface area contributed by atoms with Gasteiger partial charge in [-0.05, 0) is 29.0 Å². The number of unbranched alkanes of at least 4 members (excludes halogenated alkanes) is 1. The molecule has 0 aliphatic carbocycles. The van der Waals surface area contributed by atoms with Gasteiger partial charge in [0.05, 0.1) is 5.56 Å². The molecule has 0 amide bonds. The predicted octanol–water partition coefficient (Wildman–Crippen LogP) is 2.68. The predicted molar refractivity (Wildman–Crippen MR) is 72.9 cm³/mol. The van der Waals surface area contributed by atoms with Crippen LogP contribution in [0, 0.1) is 0 Å². The standard InChI is InChI=1S/C10H15IN4/c1-3-4-5-13-10-8(7(2)11)9(12)14-6-15-10/h6H,2-5H2,1H3,(H3,12,13,14,15). The minimum absolute atomic E-state index is 0.475. The molecule has 0 fully saturated rings. The van der Waals surface area contributed by atoms with E-state index in [2.05, 4.69) is 51.4 Å². The summed E-state index contributed by atoms with van der Waals surface area (Å²) in [6.07, 6.45) is 3.72. The SMILES string of the molecule is C=C(I)c1c(N)ncnc1NCCCC. The largest absolute Gasteiger partial charge is 0.383 e. The third-order valence-corrected chi connectivity index (χ3v) is 2.51. The van der Waals surface area contributed by atoms with E-state index in [-0.39, 0.29) is 0 Å². The van der Waals surface area contributed by atoms with Gasteiger partial charge in [0.25, 0.3) is 0 Å². The van der Waals surface area contributed by atoms with E-state index in [1.54, 1.807) is 0 Å². The van der Waals surface area contributed by atoms with Crippen molar-refractivity contribution in [3.8, 4) is 0 Å². The van der Waals surface area contributed by atoms with E-state index < -0.39 is 0 Å². The quantitative estimate of drug-likeness (QED) is 0.647. The molecular weight excluding hydrogens is 303 g/mol. The normalized spacial score (nSPS) is 10.0. The van der Waals surface area contributed by atoms with Crippen molar-refractivity contribution in [1.29, 1.82) is 0 Å². The fourth-order valence-corrected chi connectivity index (χ4v) is 1.72. The van der Waals surface area contributed by atoms with Gasteiger partial charge in [-0.25, -0.2) is 9.97 Å². The zero-order chi connectivity index (χ0) is 11.3. The number of aromatic nitrogens is 2. The molecule has 82 valence electrons. The Kier molecular flexibility index (Phi) is 4.80. The maximum absolute atomic E-state index is 5.77. The van der Waals surface area contributed by atoms with Crippen molar-refractivity contribution in [3.05, 3.63) is 18.5 Å². The van der Waals surface area contributed by atoms with Gasteiger partial charge in [-0.2, -0.15) is 0 Å². The molecule has 5 heteroatoms. The first-order chi connectivity index (χ1) is 7.16. The first-order valence-corrected chi connectivity index (χ1v) is 5.93. The molecule has 3 N–H and O–H groups in total. The second-order valence-electron chi connectivity index (χ2n) is 3.17. The van der Waals surface area contributed by atoms with Crippen molar-refractivity contribution < 1.29 is 0 Å². The van der Waals surface area contributed by atoms with Gasteiger partial charge in [0.1, 0.15) is 18.0 Å². The van der Waals surface area contributed by atoms with Crippen molar-refractivity contribution in [1.82, 2.24) is 9.97 Å². The number of nitrogens with one attached hydrogen (secondary N) is 1. The molecule has 0 saturated carbocycles. The average molecular weight is 318 g/mol. The van der Waals surface area contributed by atoms with Gasteiger partial charge < -0.3 is 11.1 Å². The topological polar surface area (TPSA) is 63.8 Å². The Morgan fingerprint density at radius 2 is 2.33 bits per heavy atom. The lowest BCUT2D eigenvalue weighted by molar-refractivity contribution is 0.830. The molecule has 15 heavy (non-hydrogen) atoms. The Morgan fingerprint density at radius 3 is 2.93 bits per heavy atom. The number of halogens is 1. The second kappa shape index (κ2) is 5.89. The molecule has 4 nitrogen and oxygen atoms in total. The van der Waals surface area contributed by atoms with Crippen molar-refractivity contribution >= 4 is 37.8 Å². The van der Waals surface area contributed by atoms with Gasteiger partial charge in [0.15, 0.2) is 0 Å². The fourth-order valence-electron chi connectivity index (χ4n) is 1.18. The number of hydrogen-bond acceptors (Lipinski definition) is 4. The summed E-state index contributed by atoms with van der Waals surface area (Å²) < 4.78 is 0.852. The fraction of sp³-hybridized carbons (Fsp3) is 0.400. The smallest absolute Gasteiger partial charge is 0.139 e. The van der Waals surface area contributed by atoms with Gasteiger partial charge >= 0.3 is 0 Å². The van der Waals surface area contributed by atoms with Gasteiger partial charge in [-0.1, -0.05) is 19.9 Å². The summed E-state index contributed by atoms with van der Waals surface area (Å²) in [5.41, 5.74) is 6.58. The molecule has 0 aromatic carbocycles. The van der Waals surface area contributed by atoms with E-state index >= 15 is 0 Å². The van der Waals surface area contributed by atoms with Gasteiger partial charge in [0, 0.05) is 10.1 Å². The summed E-state index contributed by atoms with van der Waals surface area (Å²) in [7, 11) is 0. The summed E-state index contributed by atoms with van der Waals surface area (Å²) in [4.78, 5) is 8.12. The van der Waals surface area contributed by atoms with Crippen molar-refractivity contribution in [2.24, 2.45) is 0 Å². The molecule has 0 aliphatic heterocycles. The minimum atomic E-state index is 0.475. The van der Waals surface area contributed by atoms with E-state index in [0.29, 0.717) is 5.82 Å². The molecule has 1 aromatic heterocycles. The van der Waals surface area contributed by atoms with E-state index in [1.165, 1.54) is 6.33 Å². The molecule has 0 spiro atoms. The molecule has 0 aliphatic rings. The maximum Gasteiger partial charge on any atom is 0.139 e. The van der Waals surface area contributed by atoms with Crippen LogP contribution in [0.3, 0.4) is 0 Å². The highest BCUT2D eigenvalue weighted by Crippen LogP contribution is 2.29. The van der Waals surface area contributed by atoms with Crippen molar-refractivity contribution in [3.63, 3.8) is 0 Å². The van der Waals surface area contributed by atoms with Crippen LogP contribution < -0.4 is 11.1 Å². The first-order valence-electron chi connectivity index (χ1n) is 4.86. The maximum atomic E-state index is 5.77. The molecule has 0 radical (unpaired) electrons. The molecular formula is C10H15IN4. The van der Waals surface area contributed by atoms with Crippen LogP contribution in [-0.2, 0) is 0 Å². The number of hydrogen-bond donors (Lipinski definition) is 2. The number of rotatable bonds is 5. The summed E-state index contributed by atoms with van der Waals surface area (Å²) in [5.74, 6) is 1.25. The Bertz CT molecular complexity index is 351. The van der Waals surface area contributed by atoms with E-state index in [9.17, 15) is 0 Å². The highest BCUT2D eigenvalue weighted by molar-refractivity contribution is 14.1. The highest BCUT2D eigenvalue weighted by Gasteiger charge is 2.09. The van der Waals surface area contributed by atoms with Crippen molar-refractivity contribution in [2.45, 2.75) is 19.8 Å². The summed E-state index contributed by atoms with van der Waals surface area (Å²) in [6.45, 7) is 6.90. The van der Waals surface area contributed by atoms with E-state index in [1.807, 2.05) is 0 Å². The average Bonchev–Trinajstić information content (AvgIpc) is 2.17. The first kappa shape index (κ1) is 12.2. The zero-order valence-corrected chi connectivity index (χ0v) is 10.9. The Balaban J connectivity index is 2.86. The number of nitrogens with two attached hydrogens (primary N) is 1. The lowest BCUT2D eigenvalue weighted by atomic mass is 10.2. The van der Waals surface area contributed by atoms with Crippen LogP contribution in [0.25, 0.3) is 3.58 Å². The van der Waals surface area contributed by atoms with Crippen LogP contribution >= 0.6 is 22.6 Å². The molecule has 0 atom stereocenters. The molecule has 1 heterocycles. The molecule has 0 bridgehead atoms. The van der Waals surface area contributed by atoms with Crippen LogP contribution in [0.1, 0.15) is 25.3 Å². The van der Waals surface area contributed by atoms with Gasteiger partial charge in [0.2, 0.25) is 0 Å². The summed E-state index contributed by atoms with van der Waals surface area (Å²) >= 11 is 2.13. The van der Waals surface area contributed by atoms with Crippen LogP contribution in [0.15, 0.2) is 12.9 Å². The lowest BCUT2D eigenvalue weighted by Gasteiger charge is -2.10. The number of nitrogen functional groups attached to an aromatic ring is 1. The monoisotopic (exact) mass is 318 g/mol. The second-order valence-corrected chi connectivity index (χ2v) is 4.47. The lowest BCUT2D eigenvalue weighted by Crippen LogP contribution is -2.08. The third-order valence-electron chi connectivity index (χ3n) is 1.97. The Morgan fingerprint density at radius 1 is 1.60 bits per heavy atom. The van der Waals surface area contributed by atoms with Crippen LogP contribution in [0.2, 0.25) is 0 Å². The number of anilines is 2. The number of nitrogens with zero attached hydrogens (tertiary/aromatic N) is 2. The van der Waals surface area contributed by atoms with E-state index in [4.69, 9.17) is 5.73 Å². The van der Waals surface area contributed by atoms with Crippen LogP contribution in [0.5, 0.6) is 0 Å². The summed E-state index contributed by atoms with van der Waals surface area (Å²) in [5, 5.41) is 3.24. The van der Waals surface area contributed by atoms with Gasteiger partial charge in [-0.15, -0.1) is 0 Å².